The first-order valence-corrected chi connectivity index (χ1v) is 10.4. The number of nitriles is 1. The minimum Gasteiger partial charge on any atom is -0.342 e. The molecule has 0 N–H and O–H groups in total. The first kappa shape index (κ1) is 19.0. The number of likely N-dealkylation sites (tertiary alicyclic amines) is 1. The van der Waals surface area contributed by atoms with Gasteiger partial charge in [0.25, 0.3) is 0 Å². The Morgan fingerprint density at radius 3 is 2.75 bits per heavy atom. The van der Waals surface area contributed by atoms with E-state index in [0.717, 1.165) is 35.0 Å². The molecule has 1 saturated heterocycles. The van der Waals surface area contributed by atoms with Crippen LogP contribution in [-0.4, -0.2) is 34.1 Å². The van der Waals surface area contributed by atoms with E-state index in [1.54, 1.807) is 0 Å². The second kappa shape index (κ2) is 8.34. The number of pyridine rings is 1. The molecule has 2 aromatic heterocycles. The monoisotopic (exact) mass is 392 g/mol. The summed E-state index contributed by atoms with van der Waals surface area (Å²) >= 11 is 6.17. The van der Waals surface area contributed by atoms with Crippen molar-refractivity contribution < 1.29 is 0 Å². The number of aryl methyl sites for hydroxylation is 2. The lowest BCUT2D eigenvalue weighted by atomic mass is 10.0. The van der Waals surface area contributed by atoms with E-state index in [-0.39, 0.29) is 0 Å². The van der Waals surface area contributed by atoms with Gasteiger partial charge in [-0.25, -0.2) is 0 Å². The van der Waals surface area contributed by atoms with Crippen LogP contribution in [0, 0.1) is 11.3 Å². The number of halogens is 1. The standard InChI is InChI=1S/C23H25ClN4/c1-27-22-13-19(24)7-8-20(22)21(14-25)23(27)18-12-17(15-26-16-18)6-2-3-9-28-10-4-5-11-28/h7-8,12-13,15-16H,2-6,9-11H2,1H3. The minimum absolute atomic E-state index is 0.675. The Bertz CT molecular complexity index is 1020. The average molecular weight is 393 g/mol. The zero-order valence-electron chi connectivity index (χ0n) is 16.3. The Balaban J connectivity index is 1.55. The average Bonchev–Trinajstić information content (AvgIpc) is 3.32. The van der Waals surface area contributed by atoms with Gasteiger partial charge in [-0.15, -0.1) is 0 Å². The van der Waals surface area contributed by atoms with Gasteiger partial charge in [0.1, 0.15) is 6.07 Å². The van der Waals surface area contributed by atoms with Crippen LogP contribution in [0.5, 0.6) is 0 Å². The summed E-state index contributed by atoms with van der Waals surface area (Å²) in [5.74, 6) is 0. The van der Waals surface area contributed by atoms with Gasteiger partial charge in [0.05, 0.1) is 16.8 Å². The number of hydrogen-bond acceptors (Lipinski definition) is 3. The van der Waals surface area contributed by atoms with Crippen molar-refractivity contribution in [2.75, 3.05) is 19.6 Å². The highest BCUT2D eigenvalue weighted by atomic mass is 35.5. The molecule has 1 fully saturated rings. The van der Waals surface area contributed by atoms with Gasteiger partial charge in [0.15, 0.2) is 0 Å². The molecule has 4 nitrogen and oxygen atoms in total. The molecule has 5 heteroatoms. The SMILES string of the molecule is Cn1c(-c2cncc(CCCCN3CCCC3)c2)c(C#N)c2ccc(Cl)cc21. The van der Waals surface area contributed by atoms with E-state index in [2.05, 4.69) is 22.0 Å². The summed E-state index contributed by atoms with van der Waals surface area (Å²) in [5.41, 5.74) is 4.78. The fourth-order valence-corrected chi connectivity index (χ4v) is 4.45. The molecule has 0 radical (unpaired) electrons. The van der Waals surface area contributed by atoms with Gasteiger partial charge in [-0.1, -0.05) is 11.6 Å². The number of rotatable bonds is 6. The highest BCUT2D eigenvalue weighted by Gasteiger charge is 2.17. The Morgan fingerprint density at radius 2 is 1.96 bits per heavy atom. The maximum Gasteiger partial charge on any atom is 0.102 e. The molecule has 0 amide bonds. The first-order chi connectivity index (χ1) is 13.7. The second-order valence-corrected chi connectivity index (χ2v) is 8.08. The molecule has 0 bridgehead atoms. The summed E-state index contributed by atoms with van der Waals surface area (Å²) in [4.78, 5) is 7.03. The van der Waals surface area contributed by atoms with Crippen molar-refractivity contribution in [1.29, 1.82) is 5.26 Å². The van der Waals surface area contributed by atoms with E-state index in [4.69, 9.17) is 11.6 Å². The topological polar surface area (TPSA) is 44.9 Å². The Labute approximate surface area is 171 Å². The van der Waals surface area contributed by atoms with E-state index >= 15 is 0 Å². The Hall–Kier alpha value is -2.35. The number of fused-ring (bicyclic) bond motifs is 1. The van der Waals surface area contributed by atoms with Gasteiger partial charge < -0.3 is 9.47 Å². The van der Waals surface area contributed by atoms with Crippen LogP contribution < -0.4 is 0 Å². The van der Waals surface area contributed by atoms with E-state index in [1.807, 2.05) is 42.2 Å². The van der Waals surface area contributed by atoms with Gasteiger partial charge >= 0.3 is 0 Å². The third-order valence-electron chi connectivity index (χ3n) is 5.73. The number of hydrogen-bond donors (Lipinski definition) is 0. The highest BCUT2D eigenvalue weighted by molar-refractivity contribution is 6.31. The number of benzene rings is 1. The first-order valence-electron chi connectivity index (χ1n) is 10.0. The molecule has 144 valence electrons. The summed E-state index contributed by atoms with van der Waals surface area (Å²) in [6.45, 7) is 3.73. The van der Waals surface area contributed by atoms with Gasteiger partial charge in [0, 0.05) is 35.4 Å². The van der Waals surface area contributed by atoms with Crippen molar-refractivity contribution in [3.63, 3.8) is 0 Å². The van der Waals surface area contributed by atoms with Crippen molar-refractivity contribution in [3.05, 3.63) is 52.8 Å². The van der Waals surface area contributed by atoms with Crippen LogP contribution in [0.25, 0.3) is 22.2 Å². The van der Waals surface area contributed by atoms with Crippen LogP contribution >= 0.6 is 11.6 Å². The van der Waals surface area contributed by atoms with Crippen molar-refractivity contribution in [2.24, 2.45) is 7.05 Å². The smallest absolute Gasteiger partial charge is 0.102 e. The van der Waals surface area contributed by atoms with Crippen molar-refractivity contribution in [3.8, 4) is 17.3 Å². The summed E-state index contributed by atoms with van der Waals surface area (Å²) in [5, 5.41) is 11.4. The highest BCUT2D eigenvalue weighted by Crippen LogP contribution is 2.34. The van der Waals surface area contributed by atoms with E-state index in [9.17, 15) is 5.26 Å². The largest absolute Gasteiger partial charge is 0.342 e. The van der Waals surface area contributed by atoms with E-state index in [1.165, 1.54) is 44.5 Å². The summed E-state index contributed by atoms with van der Waals surface area (Å²) in [6, 6.07) is 10.2. The number of aromatic nitrogens is 2. The quantitative estimate of drug-likeness (QED) is 0.542. The van der Waals surface area contributed by atoms with Crippen molar-refractivity contribution in [1.82, 2.24) is 14.5 Å². The maximum absolute atomic E-state index is 9.79. The molecular formula is C23H25ClN4. The van der Waals surface area contributed by atoms with Crippen LogP contribution in [0.15, 0.2) is 36.7 Å². The molecule has 1 aliphatic rings. The number of unbranched alkanes of at least 4 members (excludes halogenated alkanes) is 1. The number of nitrogens with zero attached hydrogens (tertiary/aromatic N) is 4. The Morgan fingerprint density at radius 1 is 1.14 bits per heavy atom. The summed E-state index contributed by atoms with van der Waals surface area (Å²) < 4.78 is 2.05. The summed E-state index contributed by atoms with van der Waals surface area (Å²) in [7, 11) is 1.98. The molecule has 0 unspecified atom stereocenters. The molecule has 0 aliphatic carbocycles. The molecule has 28 heavy (non-hydrogen) atoms. The van der Waals surface area contributed by atoms with Gasteiger partial charge in [-0.05, 0) is 81.6 Å². The fourth-order valence-electron chi connectivity index (χ4n) is 4.29. The maximum atomic E-state index is 9.79. The molecule has 3 heterocycles. The lowest BCUT2D eigenvalue weighted by Gasteiger charge is -2.14. The summed E-state index contributed by atoms with van der Waals surface area (Å²) in [6.07, 6.45) is 9.91. The molecule has 1 aromatic carbocycles. The third-order valence-corrected chi connectivity index (χ3v) is 5.97. The second-order valence-electron chi connectivity index (χ2n) is 7.64. The molecule has 4 rings (SSSR count). The van der Waals surface area contributed by atoms with Crippen LogP contribution in [0.4, 0.5) is 0 Å². The zero-order valence-corrected chi connectivity index (χ0v) is 17.0. The third kappa shape index (κ3) is 3.78. The Kier molecular flexibility index (Phi) is 5.66. The fraction of sp³-hybridized carbons (Fsp3) is 0.391. The molecular weight excluding hydrogens is 368 g/mol. The molecule has 1 aliphatic heterocycles. The van der Waals surface area contributed by atoms with E-state index in [0.29, 0.717) is 10.6 Å². The lowest BCUT2D eigenvalue weighted by molar-refractivity contribution is 0.330. The minimum atomic E-state index is 0.675. The predicted molar refractivity (Wildman–Crippen MR) is 114 cm³/mol. The lowest BCUT2D eigenvalue weighted by Crippen LogP contribution is -2.20. The van der Waals surface area contributed by atoms with Gasteiger partial charge in [0.2, 0.25) is 0 Å². The zero-order chi connectivity index (χ0) is 19.5. The van der Waals surface area contributed by atoms with Crippen molar-refractivity contribution in [2.45, 2.75) is 32.1 Å². The molecule has 3 aromatic rings. The van der Waals surface area contributed by atoms with Crippen LogP contribution in [0.2, 0.25) is 5.02 Å². The normalized spacial score (nSPS) is 14.6. The van der Waals surface area contributed by atoms with Crippen LogP contribution in [0.3, 0.4) is 0 Å². The molecule has 0 saturated carbocycles. The molecule has 0 atom stereocenters. The van der Waals surface area contributed by atoms with Gasteiger partial charge in [-0.3, -0.25) is 4.98 Å². The van der Waals surface area contributed by atoms with Crippen LogP contribution in [-0.2, 0) is 13.5 Å². The van der Waals surface area contributed by atoms with Crippen LogP contribution in [0.1, 0.15) is 36.8 Å². The molecule has 0 spiro atoms. The van der Waals surface area contributed by atoms with Gasteiger partial charge in [-0.2, -0.15) is 5.26 Å². The van der Waals surface area contributed by atoms with Crippen molar-refractivity contribution >= 4 is 22.5 Å². The predicted octanol–water partition coefficient (Wildman–Crippen LogP) is 5.18. The van der Waals surface area contributed by atoms with E-state index < -0.39 is 0 Å².